The van der Waals surface area contributed by atoms with E-state index in [0.29, 0.717) is 24.6 Å². The standard InChI is InChI=1S/C16H18N2O3/c1-3-12-9-11(16(19)20)10-15(17-12)18-13-7-5-6-8-14(13)21-4-2/h5-10H,3-4H2,1-2H3,(H,17,18)(H,19,20). The number of hydrogen-bond donors (Lipinski definition) is 2. The van der Waals surface area contributed by atoms with Crippen LogP contribution in [0, 0.1) is 0 Å². The summed E-state index contributed by atoms with van der Waals surface area (Å²) < 4.78 is 5.54. The third-order valence-electron chi connectivity index (χ3n) is 2.94. The first kappa shape index (κ1) is 14.8. The van der Waals surface area contributed by atoms with Gasteiger partial charge in [-0.2, -0.15) is 0 Å². The Morgan fingerprint density at radius 1 is 1.29 bits per heavy atom. The van der Waals surface area contributed by atoms with Gasteiger partial charge in [0.05, 0.1) is 17.9 Å². The molecule has 0 amide bonds. The number of hydrogen-bond acceptors (Lipinski definition) is 4. The SMILES string of the molecule is CCOc1ccccc1Nc1cc(C(=O)O)cc(CC)n1. The summed E-state index contributed by atoms with van der Waals surface area (Å²) in [6.45, 7) is 4.41. The summed E-state index contributed by atoms with van der Waals surface area (Å²) in [6.07, 6.45) is 0.670. The van der Waals surface area contributed by atoms with Crippen molar-refractivity contribution in [3.63, 3.8) is 0 Å². The van der Waals surface area contributed by atoms with E-state index in [2.05, 4.69) is 10.3 Å². The van der Waals surface area contributed by atoms with Crippen LogP contribution >= 0.6 is 0 Å². The maximum Gasteiger partial charge on any atom is 0.335 e. The fourth-order valence-electron chi connectivity index (χ4n) is 1.95. The van der Waals surface area contributed by atoms with Crippen molar-refractivity contribution >= 4 is 17.5 Å². The second-order valence-electron chi connectivity index (χ2n) is 4.45. The van der Waals surface area contributed by atoms with Crippen LogP contribution in [0.25, 0.3) is 0 Å². The smallest absolute Gasteiger partial charge is 0.335 e. The summed E-state index contributed by atoms with van der Waals surface area (Å²) in [6, 6.07) is 10.6. The number of carboxylic acids is 1. The summed E-state index contributed by atoms with van der Waals surface area (Å²) in [7, 11) is 0. The molecule has 1 aromatic carbocycles. The van der Waals surface area contributed by atoms with Crippen molar-refractivity contribution in [3.8, 4) is 5.75 Å². The Labute approximate surface area is 123 Å². The van der Waals surface area contributed by atoms with Gasteiger partial charge in [0.2, 0.25) is 0 Å². The van der Waals surface area contributed by atoms with Gasteiger partial charge in [0.15, 0.2) is 0 Å². The van der Waals surface area contributed by atoms with Crippen LogP contribution < -0.4 is 10.1 Å². The maximum absolute atomic E-state index is 11.2. The van der Waals surface area contributed by atoms with Crippen molar-refractivity contribution in [2.24, 2.45) is 0 Å². The van der Waals surface area contributed by atoms with E-state index < -0.39 is 5.97 Å². The second kappa shape index (κ2) is 6.74. The number of carbonyl (C=O) groups is 1. The molecule has 2 aromatic rings. The van der Waals surface area contributed by atoms with Crippen molar-refractivity contribution in [2.45, 2.75) is 20.3 Å². The molecule has 0 spiro atoms. The Morgan fingerprint density at radius 3 is 2.71 bits per heavy atom. The van der Waals surface area contributed by atoms with Crippen molar-refractivity contribution in [2.75, 3.05) is 11.9 Å². The Balaban J connectivity index is 2.35. The Morgan fingerprint density at radius 2 is 2.05 bits per heavy atom. The van der Waals surface area contributed by atoms with Gasteiger partial charge in [0, 0.05) is 5.69 Å². The molecule has 5 heteroatoms. The number of rotatable bonds is 6. The molecule has 0 atom stereocenters. The summed E-state index contributed by atoms with van der Waals surface area (Å²) in [4.78, 5) is 15.6. The Kier molecular flexibility index (Phi) is 4.77. The number of pyridine rings is 1. The predicted octanol–water partition coefficient (Wildman–Crippen LogP) is 3.48. The average molecular weight is 286 g/mol. The average Bonchev–Trinajstić information content (AvgIpc) is 2.49. The molecule has 0 saturated carbocycles. The summed E-state index contributed by atoms with van der Waals surface area (Å²) >= 11 is 0. The number of anilines is 2. The van der Waals surface area contributed by atoms with Crippen LogP contribution in [0.5, 0.6) is 5.75 Å². The van der Waals surface area contributed by atoms with Gasteiger partial charge in [0.1, 0.15) is 11.6 Å². The molecule has 0 fully saturated rings. The molecule has 0 radical (unpaired) electrons. The van der Waals surface area contributed by atoms with Crippen LogP contribution in [0.4, 0.5) is 11.5 Å². The lowest BCUT2D eigenvalue weighted by molar-refractivity contribution is 0.0696. The van der Waals surface area contributed by atoms with Gasteiger partial charge in [-0.15, -0.1) is 0 Å². The lowest BCUT2D eigenvalue weighted by atomic mass is 10.2. The lowest BCUT2D eigenvalue weighted by Crippen LogP contribution is -2.04. The number of aryl methyl sites for hydroxylation is 1. The molecule has 0 unspecified atom stereocenters. The monoisotopic (exact) mass is 286 g/mol. The molecular formula is C16H18N2O3. The normalized spacial score (nSPS) is 10.2. The van der Waals surface area contributed by atoms with E-state index >= 15 is 0 Å². The highest BCUT2D eigenvalue weighted by atomic mass is 16.5. The first-order valence-corrected chi connectivity index (χ1v) is 6.87. The molecule has 1 heterocycles. The third kappa shape index (κ3) is 3.72. The molecule has 0 saturated heterocycles. The van der Waals surface area contributed by atoms with Crippen LogP contribution in [0.1, 0.15) is 29.9 Å². The van der Waals surface area contributed by atoms with Crippen molar-refractivity contribution in [1.82, 2.24) is 4.98 Å². The zero-order valence-corrected chi connectivity index (χ0v) is 12.1. The molecule has 2 rings (SSSR count). The molecule has 21 heavy (non-hydrogen) atoms. The van der Waals surface area contributed by atoms with Crippen LogP contribution in [0.15, 0.2) is 36.4 Å². The number of aromatic carboxylic acids is 1. The van der Waals surface area contributed by atoms with Crippen molar-refractivity contribution in [1.29, 1.82) is 0 Å². The molecule has 0 aliphatic carbocycles. The fraction of sp³-hybridized carbons (Fsp3) is 0.250. The highest BCUT2D eigenvalue weighted by Crippen LogP contribution is 2.27. The molecule has 0 bridgehead atoms. The third-order valence-corrected chi connectivity index (χ3v) is 2.94. The highest BCUT2D eigenvalue weighted by molar-refractivity contribution is 5.89. The van der Waals surface area contributed by atoms with E-state index in [1.165, 1.54) is 6.07 Å². The summed E-state index contributed by atoms with van der Waals surface area (Å²) in [5, 5.41) is 12.3. The van der Waals surface area contributed by atoms with E-state index in [4.69, 9.17) is 9.84 Å². The number of aromatic nitrogens is 1. The van der Waals surface area contributed by atoms with Gasteiger partial charge in [-0.1, -0.05) is 19.1 Å². The number of ether oxygens (including phenoxy) is 1. The van der Waals surface area contributed by atoms with Crippen molar-refractivity contribution < 1.29 is 14.6 Å². The van der Waals surface area contributed by atoms with E-state index in [0.717, 1.165) is 11.4 Å². The molecular weight excluding hydrogens is 268 g/mol. The molecule has 2 N–H and O–H groups in total. The maximum atomic E-state index is 11.2. The Hall–Kier alpha value is -2.56. The first-order valence-electron chi connectivity index (χ1n) is 6.87. The van der Waals surface area contributed by atoms with Gasteiger partial charge >= 0.3 is 5.97 Å². The second-order valence-corrected chi connectivity index (χ2v) is 4.45. The lowest BCUT2D eigenvalue weighted by Gasteiger charge is -2.12. The van der Waals surface area contributed by atoms with Crippen LogP contribution in [0.3, 0.4) is 0 Å². The molecule has 1 aromatic heterocycles. The topological polar surface area (TPSA) is 71.5 Å². The van der Waals surface area contributed by atoms with E-state index in [1.807, 2.05) is 38.1 Å². The molecule has 110 valence electrons. The van der Waals surface area contributed by atoms with Gasteiger partial charge in [-0.3, -0.25) is 0 Å². The fourth-order valence-corrected chi connectivity index (χ4v) is 1.95. The predicted molar refractivity (Wildman–Crippen MR) is 81.5 cm³/mol. The number of para-hydroxylation sites is 2. The van der Waals surface area contributed by atoms with Gasteiger partial charge in [-0.25, -0.2) is 9.78 Å². The Bertz CT molecular complexity index is 641. The van der Waals surface area contributed by atoms with Crippen LogP contribution in [-0.4, -0.2) is 22.7 Å². The minimum absolute atomic E-state index is 0.221. The molecule has 5 nitrogen and oxygen atoms in total. The number of nitrogens with one attached hydrogen (secondary N) is 1. The van der Waals surface area contributed by atoms with Crippen molar-refractivity contribution in [3.05, 3.63) is 47.7 Å². The summed E-state index contributed by atoms with van der Waals surface area (Å²) in [5.41, 5.74) is 1.71. The molecule has 0 aliphatic rings. The molecule has 0 aliphatic heterocycles. The van der Waals surface area contributed by atoms with Gasteiger partial charge in [-0.05, 0) is 37.6 Å². The van der Waals surface area contributed by atoms with Crippen LogP contribution in [0.2, 0.25) is 0 Å². The zero-order chi connectivity index (χ0) is 15.2. The zero-order valence-electron chi connectivity index (χ0n) is 12.1. The van der Waals surface area contributed by atoms with E-state index in [9.17, 15) is 4.79 Å². The quantitative estimate of drug-likeness (QED) is 0.850. The van der Waals surface area contributed by atoms with E-state index in [-0.39, 0.29) is 5.56 Å². The minimum atomic E-state index is -0.965. The van der Waals surface area contributed by atoms with Gasteiger partial charge < -0.3 is 15.2 Å². The minimum Gasteiger partial charge on any atom is -0.492 e. The first-order chi connectivity index (χ1) is 10.1. The number of carboxylic acid groups (broad SMARTS) is 1. The van der Waals surface area contributed by atoms with Crippen LogP contribution in [-0.2, 0) is 6.42 Å². The number of nitrogens with zero attached hydrogens (tertiary/aromatic N) is 1. The van der Waals surface area contributed by atoms with Gasteiger partial charge in [0.25, 0.3) is 0 Å². The summed E-state index contributed by atoms with van der Waals surface area (Å²) in [5.74, 6) is 0.243. The largest absolute Gasteiger partial charge is 0.492 e. The van der Waals surface area contributed by atoms with E-state index in [1.54, 1.807) is 6.07 Å². The highest BCUT2D eigenvalue weighted by Gasteiger charge is 2.09. The number of benzene rings is 1.